The molecule has 1 spiro atoms. The minimum Gasteiger partial charge on any atom is -0.360 e. The molecule has 218 valence electrons. The summed E-state index contributed by atoms with van der Waals surface area (Å²) >= 11 is 5.26. The summed E-state index contributed by atoms with van der Waals surface area (Å²) in [7, 11) is 1.84. The van der Waals surface area contributed by atoms with Crippen molar-refractivity contribution in [3.63, 3.8) is 0 Å². The topological polar surface area (TPSA) is 63.6 Å². The molecule has 1 fully saturated rings. The molecule has 1 aliphatic carbocycles. The van der Waals surface area contributed by atoms with Gasteiger partial charge in [-0.25, -0.2) is 4.99 Å². The van der Waals surface area contributed by atoms with Gasteiger partial charge in [0.2, 0.25) is 0 Å². The van der Waals surface area contributed by atoms with E-state index in [-0.39, 0.29) is 23.8 Å². The lowest BCUT2D eigenvalue weighted by Gasteiger charge is -2.40. The van der Waals surface area contributed by atoms with Crippen molar-refractivity contribution in [1.82, 2.24) is 10.2 Å². The zero-order valence-corrected chi connectivity index (χ0v) is 26.7. The van der Waals surface area contributed by atoms with Crippen molar-refractivity contribution in [1.29, 1.82) is 5.41 Å². The second kappa shape index (κ2) is 10.9. The molecule has 0 bridgehead atoms. The lowest BCUT2D eigenvalue weighted by atomic mass is 9.63. The molecule has 0 aromatic heterocycles. The van der Waals surface area contributed by atoms with Crippen molar-refractivity contribution in [2.45, 2.75) is 41.6 Å². The van der Waals surface area contributed by atoms with Gasteiger partial charge in [-0.3, -0.25) is 10.4 Å². The molecule has 2 N–H and O–H groups in total. The van der Waals surface area contributed by atoms with Gasteiger partial charge in [0.25, 0.3) is 0 Å². The lowest BCUT2D eigenvalue weighted by Crippen LogP contribution is -2.35. The molecule has 0 radical (unpaired) electrons. The smallest absolute Gasteiger partial charge is 0.180 e. The molecular weight excluding hydrogens is 626 g/mol. The summed E-state index contributed by atoms with van der Waals surface area (Å²) in [5.41, 5.74) is 7.70. The molecule has 0 amide bonds. The SMILES string of the molecule is CN=C1N=C(NCc2ccc(Br)cc2)SC12C1C3=C(C(=N)N12)C(c1ccccc1)CC(c1ccccc1)C3c1ccccc1. The average Bonchev–Trinajstić information content (AvgIpc) is 3.41. The third kappa shape index (κ3) is 4.32. The minimum absolute atomic E-state index is 0.0346. The van der Waals surface area contributed by atoms with Gasteiger partial charge >= 0.3 is 0 Å². The van der Waals surface area contributed by atoms with Crippen LogP contribution < -0.4 is 5.32 Å². The van der Waals surface area contributed by atoms with Crippen LogP contribution in [0.3, 0.4) is 0 Å². The number of hydrogen-bond acceptors (Lipinski definition) is 4. The van der Waals surface area contributed by atoms with Gasteiger partial charge in [-0.15, -0.1) is 0 Å². The van der Waals surface area contributed by atoms with Crippen LogP contribution in [0.5, 0.6) is 0 Å². The highest BCUT2D eigenvalue weighted by Crippen LogP contribution is 2.68. The van der Waals surface area contributed by atoms with E-state index >= 15 is 0 Å². The fourth-order valence-corrected chi connectivity index (χ4v) is 9.29. The lowest BCUT2D eigenvalue weighted by molar-refractivity contribution is 0.481. The van der Waals surface area contributed by atoms with E-state index in [0.717, 1.165) is 21.9 Å². The number of halogens is 1. The van der Waals surface area contributed by atoms with Gasteiger partial charge < -0.3 is 10.2 Å². The molecule has 3 heterocycles. The molecule has 1 saturated heterocycles. The molecule has 4 aromatic carbocycles. The quantitative estimate of drug-likeness (QED) is 0.213. The van der Waals surface area contributed by atoms with Crippen molar-refractivity contribution in [2.24, 2.45) is 9.98 Å². The Morgan fingerprint density at radius 1 is 0.886 bits per heavy atom. The first-order valence-electron chi connectivity index (χ1n) is 15.1. The highest BCUT2D eigenvalue weighted by atomic mass is 79.9. The highest BCUT2D eigenvalue weighted by Gasteiger charge is 2.77. The summed E-state index contributed by atoms with van der Waals surface area (Å²) in [5, 5.41) is 14.2. The molecule has 5 atom stereocenters. The van der Waals surface area contributed by atoms with Gasteiger partial charge in [-0.05, 0) is 64.1 Å². The molecule has 0 saturated carbocycles. The largest absolute Gasteiger partial charge is 0.360 e. The van der Waals surface area contributed by atoms with Crippen molar-refractivity contribution >= 4 is 44.5 Å². The number of nitrogens with one attached hydrogen (secondary N) is 2. The van der Waals surface area contributed by atoms with E-state index in [2.05, 4.69) is 141 Å². The summed E-state index contributed by atoms with van der Waals surface area (Å²) in [5.74, 6) is 2.01. The van der Waals surface area contributed by atoms with E-state index in [1.807, 2.05) is 7.05 Å². The normalized spacial score (nSPS) is 27.9. The zero-order valence-electron chi connectivity index (χ0n) is 24.3. The van der Waals surface area contributed by atoms with Crippen molar-refractivity contribution in [3.05, 3.63) is 153 Å². The third-order valence-corrected chi connectivity index (χ3v) is 11.4. The maximum absolute atomic E-state index is 9.73. The summed E-state index contributed by atoms with van der Waals surface area (Å²) in [6.07, 6.45) is 0.959. The number of aliphatic imine (C=N–C) groups is 2. The van der Waals surface area contributed by atoms with Crippen LogP contribution in [0, 0.1) is 5.41 Å². The minimum atomic E-state index is -0.487. The van der Waals surface area contributed by atoms with Gasteiger partial charge in [-0.1, -0.05) is 119 Å². The average molecular weight is 659 g/mol. The van der Waals surface area contributed by atoms with Crippen molar-refractivity contribution in [2.75, 3.05) is 7.05 Å². The van der Waals surface area contributed by atoms with Crippen molar-refractivity contribution in [3.8, 4) is 0 Å². The van der Waals surface area contributed by atoms with Crippen LogP contribution in [-0.4, -0.2) is 39.7 Å². The predicted molar refractivity (Wildman–Crippen MR) is 185 cm³/mol. The van der Waals surface area contributed by atoms with Gasteiger partial charge in [0.1, 0.15) is 5.84 Å². The van der Waals surface area contributed by atoms with Gasteiger partial charge in [0.05, 0.1) is 6.04 Å². The molecule has 4 aromatic rings. The summed E-state index contributed by atoms with van der Waals surface area (Å²) < 4.78 is 1.07. The fourth-order valence-electron chi connectivity index (χ4n) is 7.64. The number of amidine groups is 3. The predicted octanol–water partition coefficient (Wildman–Crippen LogP) is 8.09. The number of hydrogen-bond donors (Lipinski definition) is 2. The van der Waals surface area contributed by atoms with E-state index < -0.39 is 4.87 Å². The van der Waals surface area contributed by atoms with Crippen LogP contribution in [0.4, 0.5) is 0 Å². The van der Waals surface area contributed by atoms with Gasteiger partial charge in [0.15, 0.2) is 15.9 Å². The Labute approximate surface area is 270 Å². The molecular formula is C37H32BrN5S. The Bertz CT molecular complexity index is 1820. The maximum Gasteiger partial charge on any atom is 0.180 e. The van der Waals surface area contributed by atoms with Crippen LogP contribution in [-0.2, 0) is 6.54 Å². The summed E-state index contributed by atoms with van der Waals surface area (Å²) in [6, 6.07) is 41.1. The Morgan fingerprint density at radius 2 is 1.50 bits per heavy atom. The first-order valence-corrected chi connectivity index (χ1v) is 16.7. The first-order chi connectivity index (χ1) is 21.6. The molecule has 4 aliphatic rings. The first kappa shape index (κ1) is 27.6. The Hall–Kier alpha value is -3.94. The molecule has 8 rings (SSSR count). The summed E-state index contributed by atoms with van der Waals surface area (Å²) in [4.78, 5) is 11.5. The number of nitrogens with zero attached hydrogens (tertiary/aromatic N) is 3. The van der Waals surface area contributed by atoms with Crippen LogP contribution in [0.1, 0.15) is 46.4 Å². The number of fused-ring (bicyclic) bond motifs is 4. The standard InChI is InChI=1S/C37H32BrN5S/c1-40-35-37(44-36(42-35)41-22-23-17-19-27(38)20-18-23)33-32-30(26-15-9-4-10-16-26)28(24-11-5-2-6-12-24)21-29(25-13-7-3-8-14-25)31(32)34(39)43(33)37/h2-20,28-30,33,39H,21-22H2,1H3,(H,40,41,42). The second-order valence-electron chi connectivity index (χ2n) is 11.8. The molecule has 5 unspecified atom stereocenters. The third-order valence-electron chi connectivity index (χ3n) is 9.53. The van der Waals surface area contributed by atoms with E-state index in [4.69, 9.17) is 9.98 Å². The fraction of sp³-hybridized carbons (Fsp3) is 0.216. The highest BCUT2D eigenvalue weighted by molar-refractivity contribution is 9.10. The van der Waals surface area contributed by atoms with E-state index in [1.165, 1.54) is 33.4 Å². The molecule has 44 heavy (non-hydrogen) atoms. The van der Waals surface area contributed by atoms with Gasteiger partial charge in [0, 0.05) is 35.5 Å². The van der Waals surface area contributed by atoms with E-state index in [9.17, 15) is 5.41 Å². The van der Waals surface area contributed by atoms with E-state index in [1.54, 1.807) is 11.8 Å². The van der Waals surface area contributed by atoms with Crippen LogP contribution in [0.25, 0.3) is 0 Å². The zero-order chi connectivity index (χ0) is 29.8. The second-order valence-corrected chi connectivity index (χ2v) is 14.0. The Balaban J connectivity index is 1.22. The van der Waals surface area contributed by atoms with E-state index in [0.29, 0.717) is 12.4 Å². The van der Waals surface area contributed by atoms with Gasteiger partial charge in [-0.2, -0.15) is 0 Å². The maximum atomic E-state index is 9.73. The van der Waals surface area contributed by atoms with Crippen LogP contribution >= 0.6 is 27.7 Å². The molecule has 3 aliphatic heterocycles. The number of rotatable bonds is 5. The summed E-state index contributed by atoms with van der Waals surface area (Å²) in [6.45, 7) is 0.682. The monoisotopic (exact) mass is 657 g/mol. The number of benzene rings is 4. The van der Waals surface area contributed by atoms with Crippen molar-refractivity contribution < 1.29 is 0 Å². The van der Waals surface area contributed by atoms with Crippen LogP contribution in [0.2, 0.25) is 0 Å². The number of thioether (sulfide) groups is 1. The molecule has 5 nitrogen and oxygen atoms in total. The Kier molecular flexibility index (Phi) is 6.83. The Morgan fingerprint density at radius 3 is 2.14 bits per heavy atom. The van der Waals surface area contributed by atoms with Crippen LogP contribution in [0.15, 0.2) is 141 Å². The molecule has 7 heteroatoms.